The molecule has 1 fully saturated rings. The van der Waals surface area contributed by atoms with Gasteiger partial charge in [-0.05, 0) is 56.1 Å². The van der Waals surface area contributed by atoms with E-state index in [-0.39, 0.29) is 11.9 Å². The van der Waals surface area contributed by atoms with Crippen molar-refractivity contribution in [1.82, 2.24) is 19.4 Å². The Bertz CT molecular complexity index is 949. The van der Waals surface area contributed by atoms with E-state index in [1.165, 1.54) is 12.1 Å². The molecule has 0 radical (unpaired) electrons. The molecule has 128 valence electrons. The first-order chi connectivity index (χ1) is 12.2. The van der Waals surface area contributed by atoms with Crippen molar-refractivity contribution in [2.24, 2.45) is 0 Å². The van der Waals surface area contributed by atoms with Gasteiger partial charge in [0.15, 0.2) is 0 Å². The highest BCUT2D eigenvalue weighted by Crippen LogP contribution is 2.33. The van der Waals surface area contributed by atoms with Gasteiger partial charge in [0.25, 0.3) is 0 Å². The number of halogens is 1. The van der Waals surface area contributed by atoms with E-state index < -0.39 is 0 Å². The number of hydrogen-bond acceptors (Lipinski definition) is 3. The van der Waals surface area contributed by atoms with Crippen molar-refractivity contribution < 1.29 is 4.39 Å². The van der Waals surface area contributed by atoms with Crippen LogP contribution < -0.4 is 0 Å². The summed E-state index contributed by atoms with van der Waals surface area (Å²) < 4.78 is 15.4. The summed E-state index contributed by atoms with van der Waals surface area (Å²) in [5, 5.41) is 9.23. The highest BCUT2D eigenvalue weighted by atomic mass is 19.1. The van der Waals surface area contributed by atoms with Crippen LogP contribution in [-0.2, 0) is 13.1 Å². The molecule has 25 heavy (non-hydrogen) atoms. The number of rotatable bonds is 4. The Morgan fingerprint density at radius 1 is 1.40 bits per heavy atom. The maximum absolute atomic E-state index is 13.4. The highest BCUT2D eigenvalue weighted by Gasteiger charge is 2.29. The van der Waals surface area contributed by atoms with Crippen molar-refractivity contribution >= 4 is 11.0 Å². The highest BCUT2D eigenvalue weighted by molar-refractivity contribution is 5.75. The second-order valence-corrected chi connectivity index (χ2v) is 6.54. The van der Waals surface area contributed by atoms with Gasteiger partial charge in [-0.2, -0.15) is 5.26 Å². The molecule has 3 heterocycles. The van der Waals surface area contributed by atoms with E-state index in [1.54, 1.807) is 6.07 Å². The molecule has 1 N–H and O–H groups in total. The lowest BCUT2D eigenvalue weighted by atomic mass is 10.2. The third-order valence-electron chi connectivity index (χ3n) is 4.94. The molecular weight excluding hydrogens is 317 g/mol. The minimum absolute atomic E-state index is 0.200. The van der Waals surface area contributed by atoms with Gasteiger partial charge < -0.3 is 9.55 Å². The fourth-order valence-corrected chi connectivity index (χ4v) is 3.73. The van der Waals surface area contributed by atoms with Crippen LogP contribution in [-0.4, -0.2) is 26.0 Å². The van der Waals surface area contributed by atoms with E-state index in [4.69, 9.17) is 0 Å². The fraction of sp³-hybridized carbons (Fsp3) is 0.368. The van der Waals surface area contributed by atoms with E-state index in [1.807, 2.05) is 17.6 Å². The summed E-state index contributed by atoms with van der Waals surface area (Å²) in [6.45, 7) is 4.62. The lowest BCUT2D eigenvalue weighted by molar-refractivity contribution is 0.241. The smallest absolute Gasteiger partial charge is 0.125 e. The van der Waals surface area contributed by atoms with Crippen molar-refractivity contribution in [2.45, 2.75) is 38.9 Å². The number of benzene rings is 1. The Balaban J connectivity index is 1.59. The van der Waals surface area contributed by atoms with Gasteiger partial charge >= 0.3 is 0 Å². The standard InChI is InChI=1S/C19H20FN5/c1-2-24-11-13(8-15(24)10-21)12-25-7-3-4-18(25)19-22-16-6-5-14(20)9-17(16)23-19/h5-6,8-9,11,18H,2-4,7,12H2,1H3,(H,22,23). The van der Waals surface area contributed by atoms with Crippen LogP contribution in [0.2, 0.25) is 0 Å². The van der Waals surface area contributed by atoms with Crippen LogP contribution in [0.3, 0.4) is 0 Å². The van der Waals surface area contributed by atoms with Crippen LogP contribution in [0.15, 0.2) is 30.5 Å². The zero-order valence-corrected chi connectivity index (χ0v) is 14.2. The molecule has 0 amide bonds. The molecule has 4 rings (SSSR count). The first-order valence-electron chi connectivity index (χ1n) is 8.66. The molecule has 1 aliphatic heterocycles. The maximum atomic E-state index is 13.4. The van der Waals surface area contributed by atoms with Gasteiger partial charge in [-0.25, -0.2) is 9.37 Å². The maximum Gasteiger partial charge on any atom is 0.125 e. The number of aromatic nitrogens is 3. The van der Waals surface area contributed by atoms with Crippen molar-refractivity contribution in [2.75, 3.05) is 6.54 Å². The molecule has 1 aliphatic rings. The summed E-state index contributed by atoms with van der Waals surface area (Å²) in [6.07, 6.45) is 4.19. The molecule has 0 bridgehead atoms. The van der Waals surface area contributed by atoms with Gasteiger partial charge in [-0.15, -0.1) is 0 Å². The monoisotopic (exact) mass is 337 g/mol. The van der Waals surface area contributed by atoms with Crippen molar-refractivity contribution in [3.8, 4) is 6.07 Å². The average Bonchev–Trinajstić information content (AvgIpc) is 3.31. The van der Waals surface area contributed by atoms with Crippen LogP contribution in [0.4, 0.5) is 4.39 Å². The molecule has 1 aromatic carbocycles. The predicted octanol–water partition coefficient (Wildman–Crippen LogP) is 3.73. The lowest BCUT2D eigenvalue weighted by Crippen LogP contribution is -2.23. The zero-order valence-electron chi connectivity index (χ0n) is 14.2. The van der Waals surface area contributed by atoms with Gasteiger partial charge in [0.2, 0.25) is 0 Å². The molecular formula is C19H20FN5. The van der Waals surface area contributed by atoms with Gasteiger partial charge in [-0.3, -0.25) is 4.90 Å². The number of aryl methyl sites for hydroxylation is 1. The molecule has 1 saturated heterocycles. The van der Waals surface area contributed by atoms with Crippen LogP contribution in [0.25, 0.3) is 11.0 Å². The number of nitrogens with one attached hydrogen (secondary N) is 1. The summed E-state index contributed by atoms with van der Waals surface area (Å²) in [7, 11) is 0. The van der Waals surface area contributed by atoms with Crippen LogP contribution in [0.1, 0.15) is 42.9 Å². The number of nitriles is 1. The Kier molecular flexibility index (Phi) is 4.02. The summed E-state index contributed by atoms with van der Waals surface area (Å²) in [5.41, 5.74) is 3.39. The van der Waals surface area contributed by atoms with Gasteiger partial charge in [-0.1, -0.05) is 0 Å². The third-order valence-corrected chi connectivity index (χ3v) is 4.94. The number of imidazole rings is 1. The molecule has 0 aliphatic carbocycles. The summed E-state index contributed by atoms with van der Waals surface area (Å²) >= 11 is 0. The van der Waals surface area contributed by atoms with Gasteiger partial charge in [0.05, 0.1) is 17.1 Å². The second-order valence-electron chi connectivity index (χ2n) is 6.54. The number of likely N-dealkylation sites (tertiary alicyclic amines) is 1. The quantitative estimate of drug-likeness (QED) is 0.789. The topological polar surface area (TPSA) is 60.6 Å². The van der Waals surface area contributed by atoms with Crippen LogP contribution >= 0.6 is 0 Å². The summed E-state index contributed by atoms with van der Waals surface area (Å²) in [6, 6.07) is 9.06. The fourth-order valence-electron chi connectivity index (χ4n) is 3.73. The first kappa shape index (κ1) is 15.9. The molecule has 3 aromatic rings. The van der Waals surface area contributed by atoms with Gasteiger partial charge in [0.1, 0.15) is 23.4 Å². The van der Waals surface area contributed by atoms with Gasteiger partial charge in [0, 0.05) is 19.3 Å². The normalized spacial score (nSPS) is 18.0. The summed E-state index contributed by atoms with van der Waals surface area (Å²) in [4.78, 5) is 10.3. The molecule has 5 nitrogen and oxygen atoms in total. The molecule has 1 unspecified atom stereocenters. The van der Waals surface area contributed by atoms with E-state index in [0.29, 0.717) is 5.69 Å². The first-order valence-corrected chi connectivity index (χ1v) is 8.66. The number of H-pyrrole nitrogens is 1. The minimum atomic E-state index is -0.254. The minimum Gasteiger partial charge on any atom is -0.341 e. The van der Waals surface area contributed by atoms with E-state index in [2.05, 4.69) is 27.1 Å². The lowest BCUT2D eigenvalue weighted by Gasteiger charge is -2.22. The zero-order chi connectivity index (χ0) is 17.4. The number of aromatic amines is 1. The average molecular weight is 337 g/mol. The van der Waals surface area contributed by atoms with Crippen molar-refractivity contribution in [3.05, 3.63) is 53.4 Å². The Hall–Kier alpha value is -2.65. The number of nitrogens with zero attached hydrogens (tertiary/aromatic N) is 4. The van der Waals surface area contributed by atoms with Crippen LogP contribution in [0, 0.1) is 17.1 Å². The third kappa shape index (κ3) is 2.92. The van der Waals surface area contributed by atoms with E-state index in [0.717, 1.165) is 54.9 Å². The Morgan fingerprint density at radius 2 is 2.28 bits per heavy atom. The second kappa shape index (κ2) is 6.34. The molecule has 0 saturated carbocycles. The largest absolute Gasteiger partial charge is 0.341 e. The van der Waals surface area contributed by atoms with Crippen LogP contribution in [0.5, 0.6) is 0 Å². The number of fused-ring (bicyclic) bond motifs is 1. The number of hydrogen-bond donors (Lipinski definition) is 1. The predicted molar refractivity (Wildman–Crippen MR) is 93.3 cm³/mol. The van der Waals surface area contributed by atoms with Crippen molar-refractivity contribution in [1.29, 1.82) is 5.26 Å². The molecule has 6 heteroatoms. The van der Waals surface area contributed by atoms with E-state index >= 15 is 0 Å². The van der Waals surface area contributed by atoms with E-state index in [9.17, 15) is 9.65 Å². The summed E-state index contributed by atoms with van der Waals surface area (Å²) in [5.74, 6) is 0.643. The Labute approximate surface area is 145 Å². The molecule has 0 spiro atoms. The Morgan fingerprint density at radius 3 is 3.04 bits per heavy atom. The molecule has 2 aromatic heterocycles. The SMILES string of the molecule is CCn1cc(CN2CCCC2c2nc3ccc(F)cc3[nH]2)cc1C#N. The molecule has 1 atom stereocenters. The van der Waals surface area contributed by atoms with Crippen molar-refractivity contribution in [3.63, 3.8) is 0 Å².